The van der Waals surface area contributed by atoms with Gasteiger partial charge in [0.05, 0.1) is 4.92 Å². The van der Waals surface area contributed by atoms with Crippen molar-refractivity contribution in [2.45, 2.75) is 31.7 Å². The Labute approximate surface area is 111 Å². The molecule has 1 aliphatic rings. The molecule has 2 atom stereocenters. The zero-order chi connectivity index (χ0) is 13.8. The number of nitro groups is 1. The molecule has 0 heterocycles. The summed E-state index contributed by atoms with van der Waals surface area (Å²) in [4.78, 5) is 22.1. The molecule has 3 N–H and O–H groups in total. The lowest BCUT2D eigenvalue weighted by Crippen LogP contribution is -2.34. The fraction of sp³-hybridized carbons (Fsp3) is 0.462. The topological polar surface area (TPSA) is 98.3 Å². The molecule has 0 radical (unpaired) electrons. The number of nitrogens with one attached hydrogen (secondary N) is 1. The first-order valence-corrected chi connectivity index (χ1v) is 6.37. The average molecular weight is 263 g/mol. The Kier molecular flexibility index (Phi) is 4.11. The van der Waals surface area contributed by atoms with Crippen molar-refractivity contribution >= 4 is 17.3 Å². The van der Waals surface area contributed by atoms with Crippen LogP contribution in [0.25, 0.3) is 0 Å². The van der Waals surface area contributed by atoms with E-state index in [1.807, 2.05) is 0 Å². The molecule has 1 fully saturated rings. The van der Waals surface area contributed by atoms with Gasteiger partial charge in [-0.1, -0.05) is 6.42 Å². The van der Waals surface area contributed by atoms with Gasteiger partial charge in [-0.05, 0) is 31.4 Å². The molecule has 0 bridgehead atoms. The smallest absolute Gasteiger partial charge is 0.269 e. The van der Waals surface area contributed by atoms with Crippen molar-refractivity contribution < 1.29 is 9.72 Å². The molecule has 2 rings (SSSR count). The number of hydrogen-bond donors (Lipinski definition) is 2. The molecule has 1 aliphatic carbocycles. The Morgan fingerprint density at radius 3 is 2.58 bits per heavy atom. The highest BCUT2D eigenvalue weighted by Crippen LogP contribution is 2.25. The average Bonchev–Trinajstić information content (AvgIpc) is 2.39. The molecule has 2 unspecified atom stereocenters. The van der Waals surface area contributed by atoms with E-state index >= 15 is 0 Å². The maximum atomic E-state index is 12.0. The number of carbonyl (C=O) groups is 1. The first kappa shape index (κ1) is 13.5. The third-order valence-corrected chi connectivity index (χ3v) is 3.43. The summed E-state index contributed by atoms with van der Waals surface area (Å²) in [7, 11) is 0. The lowest BCUT2D eigenvalue weighted by Gasteiger charge is -2.25. The van der Waals surface area contributed by atoms with E-state index in [9.17, 15) is 14.9 Å². The van der Waals surface area contributed by atoms with Crippen LogP contribution in [0.4, 0.5) is 11.4 Å². The summed E-state index contributed by atoms with van der Waals surface area (Å²) >= 11 is 0. The van der Waals surface area contributed by atoms with Crippen LogP contribution in [0.1, 0.15) is 25.7 Å². The lowest BCUT2D eigenvalue weighted by atomic mass is 9.85. The summed E-state index contributed by atoms with van der Waals surface area (Å²) in [6, 6.07) is 5.93. The zero-order valence-electron chi connectivity index (χ0n) is 10.5. The molecule has 1 aromatic carbocycles. The minimum Gasteiger partial charge on any atom is -0.328 e. The minimum atomic E-state index is -0.467. The van der Waals surface area contributed by atoms with Crippen LogP contribution < -0.4 is 11.1 Å². The van der Waals surface area contributed by atoms with Crippen molar-refractivity contribution in [3.05, 3.63) is 34.4 Å². The molecule has 1 saturated carbocycles. The van der Waals surface area contributed by atoms with Gasteiger partial charge in [0.25, 0.3) is 5.69 Å². The second-order valence-corrected chi connectivity index (χ2v) is 4.92. The maximum absolute atomic E-state index is 12.0. The number of rotatable bonds is 3. The van der Waals surface area contributed by atoms with Gasteiger partial charge in [-0.3, -0.25) is 14.9 Å². The molecular weight excluding hydrogens is 246 g/mol. The van der Waals surface area contributed by atoms with Crippen molar-refractivity contribution in [1.82, 2.24) is 0 Å². The van der Waals surface area contributed by atoms with Crippen LogP contribution in [0.5, 0.6) is 0 Å². The highest BCUT2D eigenvalue weighted by Gasteiger charge is 2.25. The number of anilines is 1. The van der Waals surface area contributed by atoms with Gasteiger partial charge in [-0.2, -0.15) is 0 Å². The van der Waals surface area contributed by atoms with Crippen molar-refractivity contribution in [2.75, 3.05) is 5.32 Å². The molecule has 19 heavy (non-hydrogen) atoms. The number of amides is 1. The number of nitro benzene ring substituents is 1. The van der Waals surface area contributed by atoms with E-state index in [2.05, 4.69) is 5.32 Å². The van der Waals surface area contributed by atoms with Crippen LogP contribution in [0.15, 0.2) is 24.3 Å². The van der Waals surface area contributed by atoms with Crippen molar-refractivity contribution in [2.24, 2.45) is 11.7 Å². The van der Waals surface area contributed by atoms with E-state index in [-0.39, 0.29) is 23.6 Å². The SMILES string of the molecule is NC1CCCC(C(=O)Nc2ccc([N+](=O)[O-])cc2)C1. The standard InChI is InChI=1S/C13H17N3O3/c14-10-3-1-2-9(8-10)13(17)15-11-4-6-12(7-5-11)16(18)19/h4-7,9-10H,1-3,8,14H2,(H,15,17). The van der Waals surface area contributed by atoms with Crippen LogP contribution in [0.3, 0.4) is 0 Å². The van der Waals surface area contributed by atoms with Crippen LogP contribution in [-0.4, -0.2) is 16.9 Å². The molecule has 1 aromatic rings. The van der Waals surface area contributed by atoms with E-state index in [0.29, 0.717) is 12.1 Å². The number of nitrogens with zero attached hydrogens (tertiary/aromatic N) is 1. The number of nitrogens with two attached hydrogens (primary N) is 1. The highest BCUT2D eigenvalue weighted by molar-refractivity contribution is 5.92. The predicted molar refractivity (Wildman–Crippen MR) is 71.7 cm³/mol. The predicted octanol–water partition coefficient (Wildman–Crippen LogP) is 2.05. The normalized spacial score (nSPS) is 22.8. The maximum Gasteiger partial charge on any atom is 0.269 e. The molecule has 1 amide bonds. The van der Waals surface area contributed by atoms with Crippen molar-refractivity contribution in [3.63, 3.8) is 0 Å². The van der Waals surface area contributed by atoms with E-state index in [0.717, 1.165) is 19.3 Å². The third kappa shape index (κ3) is 3.51. The Morgan fingerprint density at radius 1 is 1.32 bits per heavy atom. The summed E-state index contributed by atoms with van der Waals surface area (Å²) in [5.41, 5.74) is 6.44. The van der Waals surface area contributed by atoms with Crippen molar-refractivity contribution in [3.8, 4) is 0 Å². The Balaban J connectivity index is 1.96. The van der Waals surface area contributed by atoms with Gasteiger partial charge >= 0.3 is 0 Å². The summed E-state index contributed by atoms with van der Waals surface area (Å²) in [5.74, 6) is -0.108. The monoisotopic (exact) mass is 263 g/mol. The van der Waals surface area contributed by atoms with Gasteiger partial charge < -0.3 is 11.1 Å². The van der Waals surface area contributed by atoms with Gasteiger partial charge in [0.1, 0.15) is 0 Å². The Bertz CT molecular complexity index is 473. The Hall–Kier alpha value is -1.95. The van der Waals surface area contributed by atoms with Crippen LogP contribution in [0.2, 0.25) is 0 Å². The highest BCUT2D eigenvalue weighted by atomic mass is 16.6. The van der Waals surface area contributed by atoms with Crippen LogP contribution in [0, 0.1) is 16.0 Å². The molecule has 102 valence electrons. The molecule has 6 nitrogen and oxygen atoms in total. The quantitative estimate of drug-likeness (QED) is 0.644. The second-order valence-electron chi connectivity index (χ2n) is 4.92. The first-order chi connectivity index (χ1) is 9.06. The van der Waals surface area contributed by atoms with E-state index in [4.69, 9.17) is 5.73 Å². The lowest BCUT2D eigenvalue weighted by molar-refractivity contribution is -0.384. The molecule has 6 heteroatoms. The molecular formula is C13H17N3O3. The van der Waals surface area contributed by atoms with E-state index in [1.54, 1.807) is 12.1 Å². The van der Waals surface area contributed by atoms with Gasteiger partial charge in [0, 0.05) is 29.8 Å². The summed E-state index contributed by atoms with van der Waals surface area (Å²) in [5, 5.41) is 13.3. The minimum absolute atomic E-state index is 0.0117. The fourth-order valence-electron chi connectivity index (χ4n) is 2.38. The summed E-state index contributed by atoms with van der Waals surface area (Å²) < 4.78 is 0. The van der Waals surface area contributed by atoms with Gasteiger partial charge in [0.2, 0.25) is 5.91 Å². The van der Waals surface area contributed by atoms with Gasteiger partial charge in [-0.15, -0.1) is 0 Å². The summed E-state index contributed by atoms with van der Waals surface area (Å²) in [6.07, 6.45) is 3.51. The van der Waals surface area contributed by atoms with Crippen LogP contribution in [-0.2, 0) is 4.79 Å². The summed E-state index contributed by atoms with van der Waals surface area (Å²) in [6.45, 7) is 0. The largest absolute Gasteiger partial charge is 0.328 e. The van der Waals surface area contributed by atoms with Gasteiger partial charge in [0.15, 0.2) is 0 Å². The zero-order valence-corrected chi connectivity index (χ0v) is 10.5. The molecule has 0 spiro atoms. The number of non-ortho nitro benzene ring substituents is 1. The number of carbonyl (C=O) groups excluding carboxylic acids is 1. The fourth-order valence-corrected chi connectivity index (χ4v) is 2.38. The van der Waals surface area contributed by atoms with Gasteiger partial charge in [-0.25, -0.2) is 0 Å². The molecule has 0 saturated heterocycles. The Morgan fingerprint density at radius 2 is 2.00 bits per heavy atom. The third-order valence-electron chi connectivity index (χ3n) is 3.43. The number of hydrogen-bond acceptors (Lipinski definition) is 4. The molecule has 0 aromatic heterocycles. The molecule has 0 aliphatic heterocycles. The first-order valence-electron chi connectivity index (χ1n) is 6.37. The number of benzene rings is 1. The second kappa shape index (κ2) is 5.79. The van der Waals surface area contributed by atoms with Crippen molar-refractivity contribution in [1.29, 1.82) is 0 Å². The van der Waals surface area contributed by atoms with Crippen LogP contribution >= 0.6 is 0 Å². The van der Waals surface area contributed by atoms with E-state index in [1.165, 1.54) is 12.1 Å². The van der Waals surface area contributed by atoms with E-state index < -0.39 is 4.92 Å².